The van der Waals surface area contributed by atoms with Crippen LogP contribution in [0.2, 0.25) is 0 Å². The number of hydrogen-bond acceptors (Lipinski definition) is 5. The van der Waals surface area contributed by atoms with Gasteiger partial charge in [0.1, 0.15) is 11.5 Å². The van der Waals surface area contributed by atoms with Gasteiger partial charge in [0.05, 0.1) is 24.0 Å². The zero-order chi connectivity index (χ0) is 16.7. The molecule has 6 nitrogen and oxygen atoms in total. The van der Waals surface area contributed by atoms with Crippen LogP contribution in [0.1, 0.15) is 17.9 Å². The number of carbonyl (C=O) groups is 1. The summed E-state index contributed by atoms with van der Waals surface area (Å²) in [6.45, 7) is 0.937. The summed E-state index contributed by atoms with van der Waals surface area (Å²) in [5, 5.41) is 0. The Kier molecular flexibility index (Phi) is 3.68. The van der Waals surface area contributed by atoms with Crippen LogP contribution in [0.3, 0.4) is 0 Å². The Bertz CT molecular complexity index is 873. The van der Waals surface area contributed by atoms with Crippen LogP contribution < -0.4 is 0 Å². The summed E-state index contributed by atoms with van der Waals surface area (Å²) in [4.78, 5) is 18.8. The molecule has 1 unspecified atom stereocenters. The van der Waals surface area contributed by atoms with Gasteiger partial charge in [-0.15, -0.1) is 0 Å². The average molecular weight is 346 g/mol. The third kappa shape index (κ3) is 2.84. The van der Waals surface area contributed by atoms with Crippen molar-refractivity contribution in [2.75, 3.05) is 18.1 Å². The molecule has 0 N–H and O–H groups in total. The number of aromatic nitrogens is 1. The van der Waals surface area contributed by atoms with Crippen molar-refractivity contribution in [2.24, 2.45) is 5.92 Å². The number of carbonyl (C=O) groups excluding carboxylic acids is 1. The summed E-state index contributed by atoms with van der Waals surface area (Å²) < 4.78 is 29.0. The molecule has 1 atom stereocenters. The SMILES string of the molecule is O=C(C1CCS(=O)(=O)C1)N1CCc2oc(-c3ccccc3)nc2C1. The van der Waals surface area contributed by atoms with Crippen molar-refractivity contribution in [1.82, 2.24) is 9.88 Å². The fraction of sp³-hybridized carbons (Fsp3) is 0.412. The summed E-state index contributed by atoms with van der Waals surface area (Å²) in [5.74, 6) is 0.992. The molecule has 1 amide bonds. The molecule has 0 saturated carbocycles. The summed E-state index contributed by atoms with van der Waals surface area (Å²) in [6.07, 6.45) is 1.04. The summed E-state index contributed by atoms with van der Waals surface area (Å²) >= 11 is 0. The maximum atomic E-state index is 12.6. The van der Waals surface area contributed by atoms with Gasteiger partial charge in [0.2, 0.25) is 11.8 Å². The first kappa shape index (κ1) is 15.4. The van der Waals surface area contributed by atoms with Crippen molar-refractivity contribution in [3.05, 3.63) is 41.8 Å². The number of fused-ring (bicyclic) bond motifs is 1. The second kappa shape index (κ2) is 5.73. The van der Waals surface area contributed by atoms with E-state index in [1.807, 2.05) is 30.3 Å². The average Bonchev–Trinajstić information content (AvgIpc) is 3.17. The van der Waals surface area contributed by atoms with Crippen LogP contribution in [0.15, 0.2) is 34.7 Å². The number of oxazole rings is 1. The third-order valence-electron chi connectivity index (χ3n) is 4.64. The van der Waals surface area contributed by atoms with E-state index < -0.39 is 15.8 Å². The van der Waals surface area contributed by atoms with Gasteiger partial charge in [0, 0.05) is 18.5 Å². The fourth-order valence-electron chi connectivity index (χ4n) is 3.34. The normalized spacial score (nSPS) is 22.3. The summed E-state index contributed by atoms with van der Waals surface area (Å²) in [6, 6.07) is 9.65. The highest BCUT2D eigenvalue weighted by molar-refractivity contribution is 7.91. The second-order valence-electron chi connectivity index (χ2n) is 6.36. The number of rotatable bonds is 2. The molecule has 1 saturated heterocycles. The van der Waals surface area contributed by atoms with Crippen molar-refractivity contribution in [3.63, 3.8) is 0 Å². The smallest absolute Gasteiger partial charge is 0.227 e. The van der Waals surface area contributed by atoms with Gasteiger partial charge in [-0.3, -0.25) is 4.79 Å². The van der Waals surface area contributed by atoms with Crippen molar-refractivity contribution in [3.8, 4) is 11.5 Å². The van der Waals surface area contributed by atoms with E-state index >= 15 is 0 Å². The van der Waals surface area contributed by atoms with Crippen LogP contribution in [0, 0.1) is 5.92 Å². The first-order valence-electron chi connectivity index (χ1n) is 8.05. The maximum absolute atomic E-state index is 12.6. The van der Waals surface area contributed by atoms with Crippen molar-refractivity contribution < 1.29 is 17.6 Å². The lowest BCUT2D eigenvalue weighted by molar-refractivity contribution is -0.135. The van der Waals surface area contributed by atoms with E-state index in [2.05, 4.69) is 4.98 Å². The molecule has 1 aromatic carbocycles. The van der Waals surface area contributed by atoms with Crippen LogP contribution in [-0.2, 0) is 27.6 Å². The van der Waals surface area contributed by atoms with E-state index in [9.17, 15) is 13.2 Å². The lowest BCUT2D eigenvalue weighted by Gasteiger charge is -2.27. The lowest BCUT2D eigenvalue weighted by atomic mass is 10.1. The number of amides is 1. The number of benzene rings is 1. The van der Waals surface area contributed by atoms with Gasteiger partial charge in [0.25, 0.3) is 0 Å². The molecule has 3 heterocycles. The standard InChI is InChI=1S/C17H18N2O4S/c20-17(13-7-9-24(21,22)11-13)19-8-6-15-14(10-19)18-16(23-15)12-4-2-1-3-5-12/h1-5,13H,6-11H2. The van der Waals surface area contributed by atoms with E-state index in [1.165, 1.54) is 0 Å². The molecule has 4 rings (SSSR count). The molecule has 1 aromatic heterocycles. The predicted molar refractivity (Wildman–Crippen MR) is 87.8 cm³/mol. The molecular formula is C17H18N2O4S. The molecule has 2 aliphatic rings. The second-order valence-corrected chi connectivity index (χ2v) is 8.59. The van der Waals surface area contributed by atoms with E-state index in [4.69, 9.17) is 4.42 Å². The van der Waals surface area contributed by atoms with Crippen LogP contribution in [0.5, 0.6) is 0 Å². The zero-order valence-corrected chi connectivity index (χ0v) is 14.0. The minimum absolute atomic E-state index is 0.0245. The lowest BCUT2D eigenvalue weighted by Crippen LogP contribution is -2.40. The van der Waals surface area contributed by atoms with E-state index in [1.54, 1.807) is 4.90 Å². The Morgan fingerprint density at radius 2 is 2.04 bits per heavy atom. The van der Waals surface area contributed by atoms with E-state index in [0.717, 1.165) is 17.0 Å². The quantitative estimate of drug-likeness (QED) is 0.826. The maximum Gasteiger partial charge on any atom is 0.227 e. The fourth-order valence-corrected chi connectivity index (χ4v) is 5.07. The molecule has 24 heavy (non-hydrogen) atoms. The predicted octanol–water partition coefficient (Wildman–Crippen LogP) is 1.66. The van der Waals surface area contributed by atoms with Crippen LogP contribution >= 0.6 is 0 Å². The summed E-state index contributed by atoms with van der Waals surface area (Å²) in [5.41, 5.74) is 1.68. The Hall–Kier alpha value is -2.15. The molecule has 0 radical (unpaired) electrons. The highest BCUT2D eigenvalue weighted by Crippen LogP contribution is 2.28. The molecule has 7 heteroatoms. The van der Waals surface area contributed by atoms with Crippen LogP contribution in [0.25, 0.3) is 11.5 Å². The molecule has 1 fully saturated rings. The molecule has 2 aromatic rings. The topological polar surface area (TPSA) is 80.5 Å². The Balaban J connectivity index is 1.52. The van der Waals surface area contributed by atoms with E-state index in [0.29, 0.717) is 31.8 Å². The number of hydrogen-bond donors (Lipinski definition) is 0. The first-order chi connectivity index (χ1) is 11.5. The van der Waals surface area contributed by atoms with Gasteiger partial charge in [-0.05, 0) is 18.6 Å². The summed E-state index contributed by atoms with van der Waals surface area (Å²) in [7, 11) is -3.05. The highest BCUT2D eigenvalue weighted by Gasteiger charge is 2.37. The molecule has 0 spiro atoms. The van der Waals surface area contributed by atoms with Gasteiger partial charge in [0.15, 0.2) is 9.84 Å². The van der Waals surface area contributed by atoms with Gasteiger partial charge in [-0.1, -0.05) is 18.2 Å². The van der Waals surface area contributed by atoms with Gasteiger partial charge >= 0.3 is 0 Å². The molecule has 0 aliphatic carbocycles. The van der Waals surface area contributed by atoms with Gasteiger partial charge < -0.3 is 9.32 Å². The first-order valence-corrected chi connectivity index (χ1v) is 9.87. The van der Waals surface area contributed by atoms with E-state index in [-0.39, 0.29) is 17.4 Å². The Labute approximate surface area is 140 Å². The van der Waals surface area contributed by atoms with Crippen molar-refractivity contribution in [2.45, 2.75) is 19.4 Å². The molecule has 126 valence electrons. The minimum Gasteiger partial charge on any atom is -0.441 e. The third-order valence-corrected chi connectivity index (χ3v) is 6.41. The molecule has 0 bridgehead atoms. The van der Waals surface area contributed by atoms with Crippen molar-refractivity contribution in [1.29, 1.82) is 0 Å². The van der Waals surface area contributed by atoms with Crippen LogP contribution in [-0.4, -0.2) is 42.3 Å². The van der Waals surface area contributed by atoms with Gasteiger partial charge in [-0.25, -0.2) is 13.4 Å². The number of sulfone groups is 1. The highest BCUT2D eigenvalue weighted by atomic mass is 32.2. The van der Waals surface area contributed by atoms with Gasteiger partial charge in [-0.2, -0.15) is 0 Å². The van der Waals surface area contributed by atoms with Crippen molar-refractivity contribution >= 4 is 15.7 Å². The zero-order valence-electron chi connectivity index (χ0n) is 13.1. The Morgan fingerprint density at radius 3 is 2.75 bits per heavy atom. The largest absolute Gasteiger partial charge is 0.441 e. The molecule has 2 aliphatic heterocycles. The minimum atomic E-state index is -3.05. The monoisotopic (exact) mass is 346 g/mol. The molecular weight excluding hydrogens is 328 g/mol. The Morgan fingerprint density at radius 1 is 1.25 bits per heavy atom. The van der Waals surface area contributed by atoms with Crippen LogP contribution in [0.4, 0.5) is 0 Å². The number of nitrogens with zero attached hydrogens (tertiary/aromatic N) is 2.